The van der Waals surface area contributed by atoms with E-state index in [4.69, 9.17) is 0 Å². The van der Waals surface area contributed by atoms with Gasteiger partial charge in [-0.15, -0.1) is 0 Å². The van der Waals surface area contributed by atoms with Crippen LogP contribution in [0.4, 0.5) is 0 Å². The van der Waals surface area contributed by atoms with Gasteiger partial charge in [0, 0.05) is 17.0 Å². The number of hydrogen-bond acceptors (Lipinski definition) is 0. The Kier molecular flexibility index (Phi) is 2.31. The van der Waals surface area contributed by atoms with Gasteiger partial charge in [-0.05, 0) is 35.4 Å². The van der Waals surface area contributed by atoms with E-state index in [1.165, 1.54) is 32.8 Å². The maximum Gasteiger partial charge on any atom is 0.0539 e. The Hall–Kier alpha value is -2.28. The molecule has 0 radical (unpaired) electrons. The van der Waals surface area contributed by atoms with Gasteiger partial charge in [0.25, 0.3) is 0 Å². The van der Waals surface area contributed by atoms with Crippen LogP contribution in [0.2, 0.25) is 0 Å². The van der Waals surface area contributed by atoms with Crippen LogP contribution in [0.5, 0.6) is 0 Å². The molecule has 0 saturated carbocycles. The van der Waals surface area contributed by atoms with Crippen molar-refractivity contribution in [2.45, 2.75) is 12.8 Å². The van der Waals surface area contributed by atoms with Crippen molar-refractivity contribution < 1.29 is 0 Å². The molecule has 1 aliphatic rings. The number of benzene rings is 2. The second kappa shape index (κ2) is 4.13. The van der Waals surface area contributed by atoms with Crippen LogP contribution in [0, 0.1) is 0 Å². The molecule has 1 heteroatoms. The van der Waals surface area contributed by atoms with E-state index in [2.05, 4.69) is 59.6 Å². The first-order valence-corrected chi connectivity index (χ1v) is 6.78. The third-order valence-corrected chi connectivity index (χ3v) is 3.93. The summed E-state index contributed by atoms with van der Waals surface area (Å²) < 4.78 is 0. The molecule has 4 rings (SSSR count). The first-order chi connectivity index (χ1) is 9.43. The molecule has 1 aromatic heterocycles. The minimum atomic E-state index is 1.13. The van der Waals surface area contributed by atoms with E-state index in [-0.39, 0.29) is 0 Å². The highest BCUT2D eigenvalue weighted by molar-refractivity contribution is 6.10. The zero-order valence-corrected chi connectivity index (χ0v) is 10.7. The van der Waals surface area contributed by atoms with Crippen molar-refractivity contribution in [3.63, 3.8) is 0 Å². The molecule has 0 aliphatic heterocycles. The summed E-state index contributed by atoms with van der Waals surface area (Å²) >= 11 is 0. The second-order valence-corrected chi connectivity index (χ2v) is 5.07. The van der Waals surface area contributed by atoms with Gasteiger partial charge in [-0.2, -0.15) is 0 Å². The molecule has 1 nitrogen and oxygen atoms in total. The van der Waals surface area contributed by atoms with E-state index < -0.39 is 0 Å². The normalized spacial score (nSPS) is 15.1. The van der Waals surface area contributed by atoms with Gasteiger partial charge >= 0.3 is 0 Å². The van der Waals surface area contributed by atoms with E-state index in [9.17, 15) is 0 Å². The van der Waals surface area contributed by atoms with Gasteiger partial charge in [0.05, 0.1) is 5.52 Å². The van der Waals surface area contributed by atoms with E-state index in [1.807, 2.05) is 6.20 Å². The zero-order valence-electron chi connectivity index (χ0n) is 10.7. The van der Waals surface area contributed by atoms with Crippen molar-refractivity contribution in [2.24, 2.45) is 0 Å². The van der Waals surface area contributed by atoms with Crippen LogP contribution in [0.3, 0.4) is 0 Å². The number of aromatic nitrogens is 1. The number of allylic oxidation sites excluding steroid dienone is 4. The quantitative estimate of drug-likeness (QED) is 0.617. The Morgan fingerprint density at radius 1 is 0.947 bits per heavy atom. The third-order valence-electron chi connectivity index (χ3n) is 3.93. The first kappa shape index (κ1) is 10.6. The number of aromatic amines is 1. The van der Waals surface area contributed by atoms with Crippen molar-refractivity contribution in [1.29, 1.82) is 0 Å². The Morgan fingerprint density at radius 3 is 2.79 bits per heavy atom. The maximum atomic E-state index is 3.40. The number of hydrogen-bond donors (Lipinski definition) is 1. The molecule has 1 N–H and O–H groups in total. The average molecular weight is 245 g/mol. The number of rotatable bonds is 1. The monoisotopic (exact) mass is 245 g/mol. The van der Waals surface area contributed by atoms with Crippen LogP contribution < -0.4 is 0 Å². The maximum absolute atomic E-state index is 3.40. The molecule has 1 aliphatic carbocycles. The van der Waals surface area contributed by atoms with Gasteiger partial charge in [-0.3, -0.25) is 0 Å². The summed E-state index contributed by atoms with van der Waals surface area (Å²) in [6, 6.07) is 13.1. The number of H-pyrrole nitrogens is 1. The summed E-state index contributed by atoms with van der Waals surface area (Å²) in [5, 5.41) is 3.95. The summed E-state index contributed by atoms with van der Waals surface area (Å²) in [4.78, 5) is 3.40. The summed E-state index contributed by atoms with van der Waals surface area (Å²) in [6.07, 6.45) is 11.0. The Labute approximate surface area is 112 Å². The summed E-state index contributed by atoms with van der Waals surface area (Å²) in [7, 11) is 0. The molecule has 3 aromatic rings. The van der Waals surface area contributed by atoms with Gasteiger partial charge < -0.3 is 4.98 Å². The SMILES string of the molecule is C1=CCCC(c2cccc3ccc4cc[nH]c4c23)=C1. The molecule has 0 bridgehead atoms. The Bertz CT molecular complexity index is 818. The molecule has 0 fully saturated rings. The van der Waals surface area contributed by atoms with Crippen molar-refractivity contribution in [3.05, 3.63) is 66.4 Å². The number of fused-ring (bicyclic) bond motifs is 3. The molecule has 0 atom stereocenters. The van der Waals surface area contributed by atoms with Gasteiger partial charge in [0.1, 0.15) is 0 Å². The lowest BCUT2D eigenvalue weighted by Gasteiger charge is -2.13. The topological polar surface area (TPSA) is 15.8 Å². The molecule has 0 spiro atoms. The highest BCUT2D eigenvalue weighted by Crippen LogP contribution is 2.33. The molecule has 1 heterocycles. The molecule has 2 aromatic carbocycles. The third kappa shape index (κ3) is 1.62. The fourth-order valence-corrected chi connectivity index (χ4v) is 3.00. The summed E-state index contributed by atoms with van der Waals surface area (Å²) in [6.45, 7) is 0. The predicted molar refractivity (Wildman–Crippen MR) is 82.2 cm³/mol. The smallest absolute Gasteiger partial charge is 0.0539 e. The van der Waals surface area contributed by atoms with Gasteiger partial charge in [0.15, 0.2) is 0 Å². The van der Waals surface area contributed by atoms with Crippen LogP contribution in [0.25, 0.3) is 27.2 Å². The second-order valence-electron chi connectivity index (χ2n) is 5.07. The van der Waals surface area contributed by atoms with Crippen LogP contribution >= 0.6 is 0 Å². The summed E-state index contributed by atoms with van der Waals surface area (Å²) in [5.74, 6) is 0. The van der Waals surface area contributed by atoms with Crippen LogP contribution in [0.1, 0.15) is 18.4 Å². The van der Waals surface area contributed by atoms with Gasteiger partial charge in [-0.1, -0.05) is 48.6 Å². The van der Waals surface area contributed by atoms with Crippen LogP contribution in [0.15, 0.2) is 60.8 Å². The zero-order chi connectivity index (χ0) is 12.7. The lowest BCUT2D eigenvalue weighted by molar-refractivity contribution is 1.06. The predicted octanol–water partition coefficient (Wildman–Crippen LogP) is 5.05. The minimum Gasteiger partial charge on any atom is -0.361 e. The molecular weight excluding hydrogens is 230 g/mol. The van der Waals surface area contributed by atoms with E-state index >= 15 is 0 Å². The van der Waals surface area contributed by atoms with E-state index in [0.717, 1.165) is 12.8 Å². The lowest BCUT2D eigenvalue weighted by Crippen LogP contribution is -1.90. The Balaban J connectivity index is 2.12. The Morgan fingerprint density at radius 2 is 1.89 bits per heavy atom. The standard InChI is InChI=1S/C18H15N/c1-2-5-13(6-3-1)16-8-4-7-14-9-10-15-11-12-19-18(15)17(14)16/h1-2,4-5,7-12,19H,3,6H2. The molecule has 0 unspecified atom stereocenters. The molecule has 0 saturated heterocycles. The largest absolute Gasteiger partial charge is 0.361 e. The van der Waals surface area contributed by atoms with E-state index in [1.54, 1.807) is 0 Å². The highest BCUT2D eigenvalue weighted by atomic mass is 14.7. The fourth-order valence-electron chi connectivity index (χ4n) is 3.00. The van der Waals surface area contributed by atoms with Gasteiger partial charge in [-0.25, -0.2) is 0 Å². The molecular formula is C18H15N. The first-order valence-electron chi connectivity index (χ1n) is 6.78. The van der Waals surface area contributed by atoms with Crippen molar-refractivity contribution >= 4 is 27.2 Å². The average Bonchev–Trinajstić information content (AvgIpc) is 2.96. The molecule has 0 amide bonds. The van der Waals surface area contributed by atoms with E-state index in [0.29, 0.717) is 0 Å². The minimum absolute atomic E-state index is 1.13. The fraction of sp³-hybridized carbons (Fsp3) is 0.111. The number of nitrogens with one attached hydrogen (secondary N) is 1. The van der Waals surface area contributed by atoms with Crippen molar-refractivity contribution in [2.75, 3.05) is 0 Å². The van der Waals surface area contributed by atoms with Crippen LogP contribution in [-0.2, 0) is 0 Å². The van der Waals surface area contributed by atoms with Gasteiger partial charge in [0.2, 0.25) is 0 Å². The lowest BCUT2D eigenvalue weighted by atomic mass is 9.92. The molecule has 19 heavy (non-hydrogen) atoms. The van der Waals surface area contributed by atoms with Crippen LogP contribution in [-0.4, -0.2) is 4.98 Å². The highest BCUT2D eigenvalue weighted by Gasteiger charge is 2.10. The van der Waals surface area contributed by atoms with Crippen molar-refractivity contribution in [1.82, 2.24) is 4.98 Å². The van der Waals surface area contributed by atoms with Crippen molar-refractivity contribution in [3.8, 4) is 0 Å². The molecule has 92 valence electrons. The summed E-state index contributed by atoms with van der Waals surface area (Å²) in [5.41, 5.74) is 4.06.